The molecule has 4 rings (SSSR count). The number of halogens is 1. The molecule has 0 atom stereocenters. The van der Waals surface area contributed by atoms with Gasteiger partial charge in [0.15, 0.2) is 5.82 Å². The zero-order valence-corrected chi connectivity index (χ0v) is 19.6. The molecule has 0 saturated carbocycles. The van der Waals surface area contributed by atoms with E-state index < -0.39 is 0 Å². The molecule has 1 aromatic heterocycles. The zero-order chi connectivity index (χ0) is 23.4. The van der Waals surface area contributed by atoms with E-state index in [0.717, 1.165) is 31.5 Å². The molecule has 9 nitrogen and oxygen atoms in total. The molecule has 2 aliphatic heterocycles. The summed E-state index contributed by atoms with van der Waals surface area (Å²) in [6, 6.07) is 5.41. The van der Waals surface area contributed by atoms with Crippen LogP contribution in [0.3, 0.4) is 0 Å². The van der Waals surface area contributed by atoms with Crippen molar-refractivity contribution in [1.29, 1.82) is 0 Å². The number of nitrogens with one attached hydrogen (secondary N) is 1. The Hall–Kier alpha value is -2.78. The number of hydrogen-bond donors (Lipinski definition) is 1. The number of likely N-dealkylation sites (tertiary alicyclic amines) is 1. The Kier molecular flexibility index (Phi) is 7.39. The normalized spacial score (nSPS) is 16.9. The quantitative estimate of drug-likeness (QED) is 0.683. The van der Waals surface area contributed by atoms with Crippen molar-refractivity contribution in [1.82, 2.24) is 29.9 Å². The van der Waals surface area contributed by atoms with E-state index in [9.17, 15) is 14.4 Å². The van der Waals surface area contributed by atoms with Crippen LogP contribution in [-0.2, 0) is 16.0 Å². The first-order valence-electron chi connectivity index (χ1n) is 11.4. The molecular weight excluding hydrogens is 444 g/mol. The molecule has 176 valence electrons. The standard InChI is InChI=1S/C23H29ClN6O3/c1-16-4-5-17(14-18(16)24)22-25-23(33)19(26-27-22)6-7-20(31)30-12-10-28(11-13-30)15-21(32)29-8-2-3-9-29/h4-5,14H,2-3,6-13,15H2,1H3,(H,25,27,33). The summed E-state index contributed by atoms with van der Waals surface area (Å²) in [5.41, 5.74) is 1.50. The number of benzene rings is 1. The Morgan fingerprint density at radius 1 is 1.00 bits per heavy atom. The molecule has 1 N–H and O–H groups in total. The fourth-order valence-electron chi connectivity index (χ4n) is 4.19. The summed E-state index contributed by atoms with van der Waals surface area (Å²) in [6.07, 6.45) is 2.60. The first-order chi connectivity index (χ1) is 15.9. The molecule has 0 unspecified atom stereocenters. The molecule has 33 heavy (non-hydrogen) atoms. The van der Waals surface area contributed by atoms with Crippen molar-refractivity contribution in [3.63, 3.8) is 0 Å². The minimum absolute atomic E-state index is 0.0175. The van der Waals surface area contributed by atoms with Crippen LogP contribution in [0.4, 0.5) is 0 Å². The van der Waals surface area contributed by atoms with Crippen molar-refractivity contribution in [3.8, 4) is 11.4 Å². The number of aromatic amines is 1. The molecule has 0 aliphatic carbocycles. The summed E-state index contributed by atoms with van der Waals surface area (Å²) in [7, 11) is 0. The maximum atomic E-state index is 12.6. The van der Waals surface area contributed by atoms with Crippen LogP contribution in [0.5, 0.6) is 0 Å². The fraction of sp³-hybridized carbons (Fsp3) is 0.522. The summed E-state index contributed by atoms with van der Waals surface area (Å²) in [6.45, 7) is 6.57. The summed E-state index contributed by atoms with van der Waals surface area (Å²) >= 11 is 6.15. The molecule has 2 fully saturated rings. The van der Waals surface area contributed by atoms with Crippen LogP contribution in [0.25, 0.3) is 11.4 Å². The number of amides is 2. The van der Waals surface area contributed by atoms with Crippen molar-refractivity contribution < 1.29 is 9.59 Å². The van der Waals surface area contributed by atoms with Gasteiger partial charge in [0, 0.05) is 62.7 Å². The average Bonchev–Trinajstić information content (AvgIpc) is 3.35. The third kappa shape index (κ3) is 5.78. The van der Waals surface area contributed by atoms with Gasteiger partial charge in [-0.1, -0.05) is 23.7 Å². The second-order valence-corrected chi connectivity index (χ2v) is 9.07. The minimum atomic E-state index is -0.352. The van der Waals surface area contributed by atoms with Gasteiger partial charge in [-0.05, 0) is 31.4 Å². The van der Waals surface area contributed by atoms with E-state index in [0.29, 0.717) is 49.1 Å². The van der Waals surface area contributed by atoms with Crippen LogP contribution in [-0.4, -0.2) is 87.5 Å². The van der Waals surface area contributed by atoms with Gasteiger partial charge in [-0.3, -0.25) is 19.3 Å². The van der Waals surface area contributed by atoms with Gasteiger partial charge in [0.05, 0.1) is 6.54 Å². The lowest BCUT2D eigenvalue weighted by Gasteiger charge is -2.35. The van der Waals surface area contributed by atoms with Crippen LogP contribution >= 0.6 is 11.6 Å². The van der Waals surface area contributed by atoms with Crippen LogP contribution in [0.1, 0.15) is 30.5 Å². The maximum absolute atomic E-state index is 12.6. The first-order valence-corrected chi connectivity index (χ1v) is 11.8. The van der Waals surface area contributed by atoms with Crippen molar-refractivity contribution in [2.24, 2.45) is 0 Å². The Bertz CT molecular complexity index is 1070. The number of hydrogen-bond acceptors (Lipinski definition) is 6. The van der Waals surface area contributed by atoms with E-state index in [1.54, 1.807) is 11.0 Å². The lowest BCUT2D eigenvalue weighted by Crippen LogP contribution is -2.51. The number of H-pyrrole nitrogens is 1. The van der Waals surface area contributed by atoms with Crippen molar-refractivity contribution in [2.75, 3.05) is 45.8 Å². The highest BCUT2D eigenvalue weighted by atomic mass is 35.5. The van der Waals surface area contributed by atoms with Crippen LogP contribution in [0, 0.1) is 6.92 Å². The van der Waals surface area contributed by atoms with E-state index in [4.69, 9.17) is 11.6 Å². The lowest BCUT2D eigenvalue weighted by atomic mass is 10.1. The molecular formula is C23H29ClN6O3. The number of nitrogens with zero attached hydrogens (tertiary/aromatic N) is 5. The second-order valence-electron chi connectivity index (χ2n) is 8.66. The van der Waals surface area contributed by atoms with Crippen molar-refractivity contribution >= 4 is 23.4 Å². The molecule has 3 heterocycles. The summed E-state index contributed by atoms with van der Waals surface area (Å²) < 4.78 is 0. The van der Waals surface area contributed by atoms with Gasteiger partial charge < -0.3 is 14.8 Å². The summed E-state index contributed by atoms with van der Waals surface area (Å²) in [5, 5.41) is 8.75. The third-order valence-electron chi connectivity index (χ3n) is 6.33. The van der Waals surface area contributed by atoms with Gasteiger partial charge in [0.2, 0.25) is 11.8 Å². The highest BCUT2D eigenvalue weighted by Crippen LogP contribution is 2.22. The minimum Gasteiger partial charge on any atom is -0.342 e. The number of carbonyl (C=O) groups is 2. The van der Waals surface area contributed by atoms with Gasteiger partial charge in [0.1, 0.15) is 5.69 Å². The number of aromatic nitrogens is 3. The number of piperazine rings is 1. The molecule has 2 aliphatic rings. The Morgan fingerprint density at radius 3 is 2.36 bits per heavy atom. The van der Waals surface area contributed by atoms with Gasteiger partial charge in [-0.15, -0.1) is 10.2 Å². The second kappa shape index (κ2) is 10.4. The van der Waals surface area contributed by atoms with E-state index in [1.165, 1.54) is 0 Å². The molecule has 0 radical (unpaired) electrons. The topological polar surface area (TPSA) is 102 Å². The monoisotopic (exact) mass is 472 g/mol. The lowest BCUT2D eigenvalue weighted by molar-refractivity contribution is -0.134. The van der Waals surface area contributed by atoms with Gasteiger partial charge in [-0.2, -0.15) is 0 Å². The van der Waals surface area contributed by atoms with E-state index in [1.807, 2.05) is 24.0 Å². The van der Waals surface area contributed by atoms with E-state index in [2.05, 4.69) is 20.1 Å². The molecule has 2 saturated heterocycles. The van der Waals surface area contributed by atoms with Gasteiger partial charge >= 0.3 is 0 Å². The van der Waals surface area contributed by atoms with Crippen molar-refractivity contribution in [3.05, 3.63) is 44.8 Å². The Labute approximate surface area is 197 Å². The summed E-state index contributed by atoms with van der Waals surface area (Å²) in [4.78, 5) is 46.0. The Morgan fingerprint density at radius 2 is 1.70 bits per heavy atom. The maximum Gasteiger partial charge on any atom is 0.273 e. The van der Waals surface area contributed by atoms with E-state index >= 15 is 0 Å². The zero-order valence-electron chi connectivity index (χ0n) is 18.8. The molecule has 0 bridgehead atoms. The fourth-order valence-corrected chi connectivity index (χ4v) is 4.37. The molecule has 2 aromatic rings. The predicted octanol–water partition coefficient (Wildman–Crippen LogP) is 1.49. The summed E-state index contributed by atoms with van der Waals surface area (Å²) in [5.74, 6) is 0.508. The van der Waals surface area contributed by atoms with Gasteiger partial charge in [0.25, 0.3) is 5.56 Å². The highest BCUT2D eigenvalue weighted by molar-refractivity contribution is 6.31. The molecule has 10 heteroatoms. The molecule has 2 amide bonds. The molecule has 0 spiro atoms. The number of aryl methyl sites for hydroxylation is 2. The van der Waals surface area contributed by atoms with Crippen LogP contribution in [0.2, 0.25) is 5.02 Å². The smallest absolute Gasteiger partial charge is 0.273 e. The first kappa shape index (κ1) is 23.4. The van der Waals surface area contributed by atoms with Crippen molar-refractivity contribution in [2.45, 2.75) is 32.6 Å². The largest absolute Gasteiger partial charge is 0.342 e. The number of rotatable bonds is 6. The van der Waals surface area contributed by atoms with Gasteiger partial charge in [-0.25, -0.2) is 0 Å². The van der Waals surface area contributed by atoms with Crippen LogP contribution < -0.4 is 5.56 Å². The molecule has 1 aromatic carbocycles. The van der Waals surface area contributed by atoms with Crippen LogP contribution in [0.15, 0.2) is 23.0 Å². The highest BCUT2D eigenvalue weighted by Gasteiger charge is 2.25. The predicted molar refractivity (Wildman–Crippen MR) is 125 cm³/mol. The average molecular weight is 473 g/mol. The Balaban J connectivity index is 1.26. The SMILES string of the molecule is Cc1ccc(-c2nnc(CCC(=O)N3CCN(CC(=O)N4CCCC4)CC3)c(=O)[nH]2)cc1Cl. The number of carbonyl (C=O) groups excluding carboxylic acids is 2. The third-order valence-corrected chi connectivity index (χ3v) is 6.74. The van der Waals surface area contributed by atoms with E-state index in [-0.39, 0.29) is 35.9 Å².